The van der Waals surface area contributed by atoms with Gasteiger partial charge in [-0.2, -0.15) is 9.57 Å². The highest BCUT2D eigenvalue weighted by Crippen LogP contribution is 2.30. The Balaban J connectivity index is 1.72. The maximum atomic E-state index is 12.6. The van der Waals surface area contributed by atoms with Gasteiger partial charge >= 0.3 is 0 Å². The number of benzene rings is 1. The Hall–Kier alpha value is -1.30. The van der Waals surface area contributed by atoms with Gasteiger partial charge < -0.3 is 4.90 Å². The molecule has 0 amide bonds. The van der Waals surface area contributed by atoms with Crippen LogP contribution in [0, 0.1) is 11.3 Å². The Labute approximate surface area is 154 Å². The maximum Gasteiger partial charge on any atom is 0.252 e. The molecule has 2 aromatic rings. The number of sulfonamides is 1. The smallest absolute Gasteiger partial charge is 0.252 e. The van der Waals surface area contributed by atoms with E-state index in [-0.39, 0.29) is 4.21 Å². The molecular weight excluding hydrogens is 389 g/mol. The third-order valence-electron chi connectivity index (χ3n) is 3.82. The van der Waals surface area contributed by atoms with E-state index in [2.05, 4.69) is 4.90 Å². The fraction of sp³-hybridized carbons (Fsp3) is 0.267. The van der Waals surface area contributed by atoms with Gasteiger partial charge in [0.15, 0.2) is 0 Å². The van der Waals surface area contributed by atoms with Gasteiger partial charge in [0.1, 0.15) is 10.3 Å². The number of hydrogen-bond acceptors (Lipinski definition) is 5. The Morgan fingerprint density at radius 1 is 1.08 bits per heavy atom. The van der Waals surface area contributed by atoms with Crippen molar-refractivity contribution in [3.05, 3.63) is 45.3 Å². The molecule has 0 aliphatic carbocycles. The number of piperazine rings is 1. The molecule has 1 aromatic carbocycles. The Morgan fingerprint density at radius 2 is 1.79 bits per heavy atom. The third kappa shape index (κ3) is 3.39. The molecule has 2 heterocycles. The molecular formula is C15H13Cl2N3O2S2. The molecule has 9 heteroatoms. The van der Waals surface area contributed by atoms with E-state index in [1.165, 1.54) is 10.4 Å². The Morgan fingerprint density at radius 3 is 2.33 bits per heavy atom. The van der Waals surface area contributed by atoms with E-state index in [1.807, 2.05) is 12.1 Å². The van der Waals surface area contributed by atoms with E-state index in [9.17, 15) is 8.42 Å². The van der Waals surface area contributed by atoms with E-state index in [1.54, 1.807) is 18.2 Å². The summed E-state index contributed by atoms with van der Waals surface area (Å²) in [5.41, 5.74) is 1.31. The first-order chi connectivity index (χ1) is 11.4. The molecule has 1 saturated heterocycles. The minimum atomic E-state index is -3.49. The molecule has 5 nitrogen and oxygen atoms in total. The quantitative estimate of drug-likeness (QED) is 0.789. The predicted octanol–water partition coefficient (Wildman–Crippen LogP) is 3.44. The van der Waals surface area contributed by atoms with Gasteiger partial charge in [-0.1, -0.05) is 23.2 Å². The number of nitriles is 1. The van der Waals surface area contributed by atoms with Gasteiger partial charge in [0.2, 0.25) is 0 Å². The molecule has 3 rings (SSSR count). The van der Waals surface area contributed by atoms with Crippen molar-refractivity contribution in [3.63, 3.8) is 0 Å². The monoisotopic (exact) mass is 401 g/mol. The molecule has 24 heavy (non-hydrogen) atoms. The van der Waals surface area contributed by atoms with Gasteiger partial charge in [-0.15, -0.1) is 11.3 Å². The summed E-state index contributed by atoms with van der Waals surface area (Å²) in [5, 5.41) is 9.33. The summed E-state index contributed by atoms with van der Waals surface area (Å²) in [6.07, 6.45) is 0. The number of halogens is 2. The molecule has 0 bridgehead atoms. The van der Waals surface area contributed by atoms with Crippen molar-refractivity contribution in [1.82, 2.24) is 4.31 Å². The SMILES string of the molecule is N#Cc1ccc(N2CCN(S(=O)(=O)c3ccc(Cl)s3)CC2)cc1Cl. The number of nitrogens with zero attached hydrogens (tertiary/aromatic N) is 3. The van der Waals surface area contributed by atoms with Crippen molar-refractivity contribution in [2.75, 3.05) is 31.1 Å². The van der Waals surface area contributed by atoms with Crippen molar-refractivity contribution in [2.24, 2.45) is 0 Å². The van der Waals surface area contributed by atoms with Crippen LogP contribution in [0.2, 0.25) is 9.36 Å². The summed E-state index contributed by atoms with van der Waals surface area (Å²) in [7, 11) is -3.49. The highest BCUT2D eigenvalue weighted by Gasteiger charge is 2.29. The van der Waals surface area contributed by atoms with Crippen LogP contribution in [0.25, 0.3) is 0 Å². The molecule has 1 aliphatic heterocycles. The number of thiophene rings is 1. The van der Waals surface area contributed by atoms with Crippen LogP contribution < -0.4 is 4.90 Å². The lowest BCUT2D eigenvalue weighted by Gasteiger charge is -2.35. The zero-order valence-corrected chi connectivity index (χ0v) is 15.6. The first kappa shape index (κ1) is 17.5. The average molecular weight is 402 g/mol. The molecule has 1 aromatic heterocycles. The van der Waals surface area contributed by atoms with Crippen LogP contribution in [0.1, 0.15) is 5.56 Å². The van der Waals surface area contributed by atoms with Crippen LogP contribution in [0.4, 0.5) is 5.69 Å². The summed E-state index contributed by atoms with van der Waals surface area (Å²) in [4.78, 5) is 2.06. The average Bonchev–Trinajstić information content (AvgIpc) is 3.02. The van der Waals surface area contributed by atoms with Gasteiger partial charge in [0.05, 0.1) is 14.9 Å². The van der Waals surface area contributed by atoms with Crippen molar-refractivity contribution in [2.45, 2.75) is 4.21 Å². The molecule has 0 atom stereocenters. The van der Waals surface area contributed by atoms with Crippen LogP contribution in [-0.2, 0) is 10.0 Å². The molecule has 1 fully saturated rings. The van der Waals surface area contributed by atoms with Gasteiger partial charge in [-0.05, 0) is 30.3 Å². The fourth-order valence-corrected chi connectivity index (χ4v) is 5.82. The molecule has 0 N–H and O–H groups in total. The first-order valence-electron chi connectivity index (χ1n) is 7.12. The van der Waals surface area contributed by atoms with Crippen molar-refractivity contribution >= 4 is 50.2 Å². The summed E-state index contributed by atoms with van der Waals surface area (Å²) in [6.45, 7) is 1.88. The normalized spacial score (nSPS) is 16.1. The van der Waals surface area contributed by atoms with Crippen LogP contribution in [0.15, 0.2) is 34.5 Å². The summed E-state index contributed by atoms with van der Waals surface area (Å²) in [5.74, 6) is 0. The van der Waals surface area contributed by atoms with Crippen molar-refractivity contribution in [3.8, 4) is 6.07 Å². The first-order valence-corrected chi connectivity index (χ1v) is 10.1. The van der Waals surface area contributed by atoms with Crippen LogP contribution in [0.3, 0.4) is 0 Å². The maximum absolute atomic E-state index is 12.6. The lowest BCUT2D eigenvalue weighted by atomic mass is 10.2. The second-order valence-electron chi connectivity index (χ2n) is 5.23. The molecule has 0 saturated carbocycles. The molecule has 0 unspecified atom stereocenters. The summed E-state index contributed by atoms with van der Waals surface area (Å²) < 4.78 is 27.4. The molecule has 0 radical (unpaired) electrons. The second-order valence-corrected chi connectivity index (χ2v) is 9.51. The van der Waals surface area contributed by atoms with Gasteiger partial charge in [-0.3, -0.25) is 0 Å². The third-order valence-corrected chi connectivity index (χ3v) is 7.73. The van der Waals surface area contributed by atoms with E-state index >= 15 is 0 Å². The zero-order valence-electron chi connectivity index (χ0n) is 12.4. The minimum Gasteiger partial charge on any atom is -0.369 e. The molecule has 0 spiro atoms. The highest BCUT2D eigenvalue weighted by molar-refractivity contribution is 7.91. The lowest BCUT2D eigenvalue weighted by Crippen LogP contribution is -2.48. The van der Waals surface area contributed by atoms with Gasteiger partial charge in [0, 0.05) is 31.9 Å². The largest absolute Gasteiger partial charge is 0.369 e. The topological polar surface area (TPSA) is 64.4 Å². The summed E-state index contributed by atoms with van der Waals surface area (Å²) in [6, 6.07) is 10.4. The highest BCUT2D eigenvalue weighted by atomic mass is 35.5. The second kappa shape index (κ2) is 6.90. The number of anilines is 1. The van der Waals surface area contributed by atoms with E-state index in [0.29, 0.717) is 41.1 Å². The van der Waals surface area contributed by atoms with Crippen molar-refractivity contribution in [1.29, 1.82) is 5.26 Å². The Kier molecular flexibility index (Phi) is 5.04. The number of hydrogen-bond donors (Lipinski definition) is 0. The fourth-order valence-electron chi connectivity index (χ4n) is 2.54. The number of rotatable bonds is 3. The van der Waals surface area contributed by atoms with Crippen LogP contribution in [0.5, 0.6) is 0 Å². The molecule has 126 valence electrons. The van der Waals surface area contributed by atoms with Crippen molar-refractivity contribution < 1.29 is 8.42 Å². The minimum absolute atomic E-state index is 0.266. The zero-order chi connectivity index (χ0) is 17.3. The van der Waals surface area contributed by atoms with Gasteiger partial charge in [-0.25, -0.2) is 8.42 Å². The van der Waals surface area contributed by atoms with Gasteiger partial charge in [0.25, 0.3) is 10.0 Å². The van der Waals surface area contributed by atoms with E-state index < -0.39 is 10.0 Å². The summed E-state index contributed by atoms with van der Waals surface area (Å²) >= 11 is 13.0. The van der Waals surface area contributed by atoms with Crippen LogP contribution in [-0.4, -0.2) is 38.9 Å². The lowest BCUT2D eigenvalue weighted by molar-refractivity contribution is 0.386. The van der Waals surface area contributed by atoms with Crippen LogP contribution >= 0.6 is 34.5 Å². The van der Waals surface area contributed by atoms with E-state index in [0.717, 1.165) is 17.0 Å². The molecule has 1 aliphatic rings. The predicted molar refractivity (Wildman–Crippen MR) is 96.5 cm³/mol. The Bertz CT molecular complexity index is 898. The van der Waals surface area contributed by atoms with E-state index in [4.69, 9.17) is 28.5 Å². The standard InChI is InChI=1S/C15H13Cl2N3O2S2/c16-13-9-12(2-1-11(13)10-18)19-5-7-20(8-6-19)24(21,22)15-4-3-14(17)23-15/h1-4,9H,5-8H2.